The van der Waals surface area contributed by atoms with E-state index in [1.165, 1.54) is 4.90 Å². The number of alkyl halides is 2. The van der Waals surface area contributed by atoms with E-state index in [0.29, 0.717) is 12.2 Å². The quantitative estimate of drug-likeness (QED) is 0.781. The number of amides is 1. The van der Waals surface area contributed by atoms with E-state index in [4.69, 9.17) is 27.9 Å². The van der Waals surface area contributed by atoms with Gasteiger partial charge in [0.15, 0.2) is 4.84 Å². The van der Waals surface area contributed by atoms with Crippen LogP contribution in [0.25, 0.3) is 0 Å². The molecule has 1 amide bonds. The number of hydrogen-bond donors (Lipinski definition) is 0. The highest BCUT2D eigenvalue weighted by Gasteiger charge is 2.44. The summed E-state index contributed by atoms with van der Waals surface area (Å²) in [5.74, 6) is -0.366. The van der Waals surface area contributed by atoms with Crippen molar-refractivity contribution in [2.24, 2.45) is 0 Å². The Kier molecular flexibility index (Phi) is 3.75. The van der Waals surface area contributed by atoms with Gasteiger partial charge in [0.1, 0.15) is 11.8 Å². The molecule has 1 fully saturated rings. The topological polar surface area (TPSA) is 55.3 Å². The summed E-state index contributed by atoms with van der Waals surface area (Å²) in [7, 11) is 0. The van der Waals surface area contributed by atoms with E-state index >= 15 is 0 Å². The second-order valence-corrected chi connectivity index (χ2v) is 5.53. The molecule has 1 aliphatic heterocycles. The highest BCUT2D eigenvalue weighted by Crippen LogP contribution is 2.35. The van der Waals surface area contributed by atoms with Crippen LogP contribution in [0.15, 0.2) is 18.6 Å². The molecule has 1 aromatic heterocycles. The fourth-order valence-electron chi connectivity index (χ4n) is 1.94. The maximum Gasteiger partial charge on any atom is 0.258 e. The molecule has 1 atom stereocenters. The predicted octanol–water partition coefficient (Wildman–Crippen LogP) is 1.92. The van der Waals surface area contributed by atoms with Crippen molar-refractivity contribution in [3.8, 4) is 0 Å². The lowest BCUT2D eigenvalue weighted by Crippen LogP contribution is -2.45. The monoisotopic (exact) mass is 289 g/mol. The number of halogens is 2. The van der Waals surface area contributed by atoms with Crippen LogP contribution in [-0.4, -0.2) is 37.9 Å². The second-order valence-electron chi connectivity index (χ2n) is 4.43. The number of carbonyl (C=O) groups excluding carboxylic acids is 1. The van der Waals surface area contributed by atoms with E-state index in [2.05, 4.69) is 9.97 Å². The molecule has 98 valence electrons. The molecule has 0 bridgehead atoms. The molecule has 7 heteroatoms. The zero-order valence-electron chi connectivity index (χ0n) is 10.0. The third kappa shape index (κ3) is 2.58. The van der Waals surface area contributed by atoms with Crippen molar-refractivity contribution < 1.29 is 9.53 Å². The van der Waals surface area contributed by atoms with Gasteiger partial charge in [-0.05, 0) is 13.8 Å². The van der Waals surface area contributed by atoms with Gasteiger partial charge in [-0.25, -0.2) is 0 Å². The van der Waals surface area contributed by atoms with E-state index in [1.807, 2.05) is 0 Å². The SMILES string of the molecule is CC1(C)OC(c2cnccn2)CN1C(=O)C(Cl)Cl. The Balaban J connectivity index is 2.20. The normalized spacial score (nSPS) is 22.5. The molecule has 0 N–H and O–H groups in total. The van der Waals surface area contributed by atoms with Gasteiger partial charge in [-0.1, -0.05) is 23.2 Å². The molecular weight excluding hydrogens is 277 g/mol. The first-order valence-corrected chi connectivity index (χ1v) is 6.32. The Morgan fingerprint density at radius 2 is 2.28 bits per heavy atom. The number of rotatable bonds is 2. The van der Waals surface area contributed by atoms with Crippen molar-refractivity contribution in [1.29, 1.82) is 0 Å². The van der Waals surface area contributed by atoms with Gasteiger partial charge in [0.2, 0.25) is 0 Å². The van der Waals surface area contributed by atoms with Crippen LogP contribution >= 0.6 is 23.2 Å². The van der Waals surface area contributed by atoms with Gasteiger partial charge < -0.3 is 9.64 Å². The minimum absolute atomic E-state index is 0.315. The van der Waals surface area contributed by atoms with Crippen LogP contribution in [0.2, 0.25) is 0 Å². The Morgan fingerprint density at radius 3 is 2.83 bits per heavy atom. The molecule has 1 aromatic rings. The average Bonchev–Trinajstić information content (AvgIpc) is 2.65. The van der Waals surface area contributed by atoms with Gasteiger partial charge in [0.25, 0.3) is 5.91 Å². The largest absolute Gasteiger partial charge is 0.345 e. The summed E-state index contributed by atoms with van der Waals surface area (Å²) in [5, 5.41) is 0. The Labute approximate surface area is 115 Å². The van der Waals surface area contributed by atoms with Crippen molar-refractivity contribution in [2.45, 2.75) is 30.5 Å². The maximum absolute atomic E-state index is 11.9. The Bertz CT molecular complexity index is 439. The molecule has 2 rings (SSSR count). The average molecular weight is 290 g/mol. The van der Waals surface area contributed by atoms with Crippen LogP contribution in [-0.2, 0) is 9.53 Å². The summed E-state index contributed by atoms with van der Waals surface area (Å²) in [6.07, 6.45) is 4.47. The molecule has 0 radical (unpaired) electrons. The van der Waals surface area contributed by atoms with Crippen LogP contribution in [0.3, 0.4) is 0 Å². The van der Waals surface area contributed by atoms with Gasteiger partial charge in [0, 0.05) is 12.4 Å². The van der Waals surface area contributed by atoms with E-state index in [0.717, 1.165) is 0 Å². The van der Waals surface area contributed by atoms with Crippen molar-refractivity contribution in [2.75, 3.05) is 6.54 Å². The number of hydrogen-bond acceptors (Lipinski definition) is 4. The van der Waals surface area contributed by atoms with Gasteiger partial charge in [-0.15, -0.1) is 0 Å². The molecule has 1 unspecified atom stereocenters. The van der Waals surface area contributed by atoms with Crippen molar-refractivity contribution in [3.05, 3.63) is 24.3 Å². The molecular formula is C11H13Cl2N3O2. The lowest BCUT2D eigenvalue weighted by atomic mass is 10.2. The fraction of sp³-hybridized carbons (Fsp3) is 0.545. The first-order chi connectivity index (χ1) is 8.42. The minimum atomic E-state index is -1.09. The molecule has 0 saturated carbocycles. The maximum atomic E-state index is 11.9. The highest BCUT2D eigenvalue weighted by atomic mass is 35.5. The van der Waals surface area contributed by atoms with E-state index in [9.17, 15) is 4.79 Å². The van der Waals surface area contributed by atoms with Crippen LogP contribution in [0.4, 0.5) is 0 Å². The number of carbonyl (C=O) groups is 1. The van der Waals surface area contributed by atoms with Crippen LogP contribution < -0.4 is 0 Å². The number of nitrogens with zero attached hydrogens (tertiary/aromatic N) is 3. The summed E-state index contributed by atoms with van der Waals surface area (Å²) in [6.45, 7) is 3.94. The van der Waals surface area contributed by atoms with Gasteiger partial charge >= 0.3 is 0 Å². The smallest absolute Gasteiger partial charge is 0.258 e. The first kappa shape index (κ1) is 13.5. The molecule has 0 aromatic carbocycles. The van der Waals surface area contributed by atoms with Gasteiger partial charge in [-0.2, -0.15) is 0 Å². The highest BCUT2D eigenvalue weighted by molar-refractivity contribution is 6.53. The van der Waals surface area contributed by atoms with Gasteiger partial charge in [0.05, 0.1) is 18.4 Å². The van der Waals surface area contributed by atoms with E-state index in [1.54, 1.807) is 32.4 Å². The predicted molar refractivity (Wildman–Crippen MR) is 67.1 cm³/mol. The molecule has 1 saturated heterocycles. The van der Waals surface area contributed by atoms with E-state index in [-0.39, 0.29) is 12.0 Å². The van der Waals surface area contributed by atoms with Crippen molar-refractivity contribution >= 4 is 29.1 Å². The molecule has 2 heterocycles. The van der Waals surface area contributed by atoms with Crippen molar-refractivity contribution in [1.82, 2.24) is 14.9 Å². The molecule has 0 spiro atoms. The van der Waals surface area contributed by atoms with Gasteiger partial charge in [-0.3, -0.25) is 14.8 Å². The lowest BCUT2D eigenvalue weighted by Gasteiger charge is -2.30. The third-order valence-corrected chi connectivity index (χ3v) is 3.17. The number of aromatic nitrogens is 2. The fourth-order valence-corrected chi connectivity index (χ4v) is 2.17. The van der Waals surface area contributed by atoms with Crippen molar-refractivity contribution in [3.63, 3.8) is 0 Å². The van der Waals surface area contributed by atoms with Crippen LogP contribution in [0.1, 0.15) is 25.6 Å². The lowest BCUT2D eigenvalue weighted by molar-refractivity contribution is -0.144. The van der Waals surface area contributed by atoms with Crippen LogP contribution in [0.5, 0.6) is 0 Å². The Hall–Kier alpha value is -0.910. The summed E-state index contributed by atoms with van der Waals surface area (Å²) in [5.41, 5.74) is -0.0806. The molecule has 5 nitrogen and oxygen atoms in total. The second kappa shape index (κ2) is 4.99. The minimum Gasteiger partial charge on any atom is -0.345 e. The van der Waals surface area contributed by atoms with E-state index < -0.39 is 10.6 Å². The molecule has 18 heavy (non-hydrogen) atoms. The summed E-state index contributed by atoms with van der Waals surface area (Å²) in [6, 6.07) is 0. The molecule has 1 aliphatic rings. The number of ether oxygens (including phenoxy) is 1. The zero-order valence-corrected chi connectivity index (χ0v) is 11.5. The summed E-state index contributed by atoms with van der Waals surface area (Å²) in [4.78, 5) is 20.5. The Morgan fingerprint density at radius 1 is 1.56 bits per heavy atom. The van der Waals surface area contributed by atoms with Crippen LogP contribution in [0, 0.1) is 0 Å². The zero-order chi connectivity index (χ0) is 13.3. The summed E-state index contributed by atoms with van der Waals surface area (Å²) < 4.78 is 5.80. The standard InChI is InChI=1S/C11H13Cl2N3O2/c1-11(2)16(10(17)9(12)13)6-8(18-11)7-5-14-3-4-15-7/h3-5,8-9H,6H2,1-2H3. The first-order valence-electron chi connectivity index (χ1n) is 5.45. The molecule has 0 aliphatic carbocycles. The third-order valence-electron chi connectivity index (χ3n) is 2.79. The summed E-state index contributed by atoms with van der Waals surface area (Å²) >= 11 is 11.2.